The Bertz CT molecular complexity index is 905. The van der Waals surface area contributed by atoms with Crippen LogP contribution in [0.2, 0.25) is 0 Å². The highest BCUT2D eigenvalue weighted by Gasteiger charge is 2.15. The summed E-state index contributed by atoms with van der Waals surface area (Å²) in [4.78, 5) is 9.16. The summed E-state index contributed by atoms with van der Waals surface area (Å²) < 4.78 is 7.63. The van der Waals surface area contributed by atoms with Crippen LogP contribution in [0.5, 0.6) is 0 Å². The highest BCUT2D eigenvalue weighted by molar-refractivity contribution is 5.76. The lowest BCUT2D eigenvalue weighted by Gasteiger charge is -2.07. The molecule has 3 heterocycles. The van der Waals surface area contributed by atoms with Gasteiger partial charge in [-0.2, -0.15) is 0 Å². The van der Waals surface area contributed by atoms with E-state index in [0.29, 0.717) is 6.54 Å². The second kappa shape index (κ2) is 5.15. The van der Waals surface area contributed by atoms with Crippen LogP contribution >= 0.6 is 0 Å². The maximum Gasteiger partial charge on any atom is 0.178 e. The lowest BCUT2D eigenvalue weighted by molar-refractivity contribution is 0.572. The zero-order chi connectivity index (χ0) is 14.9. The number of aryl methyl sites for hydroxylation is 1. The molecule has 1 aromatic carbocycles. The molecule has 0 N–H and O–H groups in total. The van der Waals surface area contributed by atoms with Crippen molar-refractivity contribution < 1.29 is 4.42 Å². The fourth-order valence-electron chi connectivity index (χ4n) is 2.58. The Balaban J connectivity index is 1.87. The summed E-state index contributed by atoms with van der Waals surface area (Å²) in [5.74, 6) is 1.56. The van der Waals surface area contributed by atoms with Crippen LogP contribution in [-0.4, -0.2) is 14.5 Å². The van der Waals surface area contributed by atoms with Crippen molar-refractivity contribution in [1.82, 2.24) is 14.5 Å². The van der Waals surface area contributed by atoms with E-state index in [2.05, 4.69) is 45.7 Å². The predicted octanol–water partition coefficient (Wildman–Crippen LogP) is 4.05. The van der Waals surface area contributed by atoms with E-state index in [9.17, 15) is 0 Å². The summed E-state index contributed by atoms with van der Waals surface area (Å²) in [5.41, 5.74) is 4.21. The van der Waals surface area contributed by atoms with Crippen LogP contribution in [0.3, 0.4) is 0 Å². The van der Waals surface area contributed by atoms with Gasteiger partial charge in [-0.05, 0) is 36.8 Å². The standard InChI is InChI=1S/C18H15N3O/c1-13-6-8-14(9-7-13)12-21-17-15(4-2-10-19-17)20-18(21)16-5-3-11-22-16/h2-11H,12H2,1H3. The van der Waals surface area contributed by atoms with Gasteiger partial charge in [0.1, 0.15) is 5.52 Å². The third-order valence-corrected chi connectivity index (χ3v) is 3.71. The lowest BCUT2D eigenvalue weighted by atomic mass is 10.1. The maximum absolute atomic E-state index is 5.54. The molecule has 0 amide bonds. The molecule has 0 fully saturated rings. The number of benzene rings is 1. The molecule has 0 saturated heterocycles. The number of hydrogen-bond donors (Lipinski definition) is 0. The number of nitrogens with zero attached hydrogens (tertiary/aromatic N) is 3. The fraction of sp³-hybridized carbons (Fsp3) is 0.111. The highest BCUT2D eigenvalue weighted by Crippen LogP contribution is 2.25. The third kappa shape index (κ3) is 2.19. The average molecular weight is 289 g/mol. The van der Waals surface area contributed by atoms with Gasteiger partial charge in [0.15, 0.2) is 17.2 Å². The van der Waals surface area contributed by atoms with E-state index in [1.165, 1.54) is 11.1 Å². The van der Waals surface area contributed by atoms with Gasteiger partial charge in [-0.25, -0.2) is 9.97 Å². The molecule has 4 aromatic rings. The molecule has 4 heteroatoms. The Hall–Kier alpha value is -2.88. The van der Waals surface area contributed by atoms with Crippen molar-refractivity contribution in [3.8, 4) is 11.6 Å². The van der Waals surface area contributed by atoms with E-state index < -0.39 is 0 Å². The van der Waals surface area contributed by atoms with Crippen LogP contribution in [0.15, 0.2) is 65.4 Å². The van der Waals surface area contributed by atoms with E-state index >= 15 is 0 Å². The normalized spacial score (nSPS) is 11.1. The molecular formula is C18H15N3O. The number of aromatic nitrogens is 3. The number of rotatable bonds is 3. The minimum atomic E-state index is 0.712. The molecule has 0 aliphatic carbocycles. The molecule has 0 bridgehead atoms. The van der Waals surface area contributed by atoms with Crippen molar-refractivity contribution in [3.05, 3.63) is 72.1 Å². The predicted molar refractivity (Wildman–Crippen MR) is 85.5 cm³/mol. The Morgan fingerprint density at radius 2 is 1.91 bits per heavy atom. The third-order valence-electron chi connectivity index (χ3n) is 3.71. The van der Waals surface area contributed by atoms with Crippen LogP contribution in [-0.2, 0) is 6.54 Å². The molecule has 4 nitrogen and oxygen atoms in total. The molecule has 0 atom stereocenters. The van der Waals surface area contributed by atoms with Gasteiger partial charge in [-0.1, -0.05) is 29.8 Å². The summed E-state index contributed by atoms with van der Waals surface area (Å²) in [6, 6.07) is 16.2. The van der Waals surface area contributed by atoms with Crippen LogP contribution < -0.4 is 0 Å². The molecule has 3 aromatic heterocycles. The molecule has 0 aliphatic rings. The number of imidazole rings is 1. The maximum atomic E-state index is 5.54. The summed E-state index contributed by atoms with van der Waals surface area (Å²) >= 11 is 0. The number of hydrogen-bond acceptors (Lipinski definition) is 3. The second-order valence-electron chi connectivity index (χ2n) is 5.33. The first-order valence-corrected chi connectivity index (χ1v) is 7.22. The van der Waals surface area contributed by atoms with Gasteiger partial charge in [0.25, 0.3) is 0 Å². The van der Waals surface area contributed by atoms with E-state index in [-0.39, 0.29) is 0 Å². The SMILES string of the molecule is Cc1ccc(Cn2c(-c3ccco3)nc3cccnc32)cc1. The van der Waals surface area contributed by atoms with Crippen LogP contribution in [0.25, 0.3) is 22.7 Å². The minimum absolute atomic E-state index is 0.712. The van der Waals surface area contributed by atoms with E-state index in [0.717, 1.165) is 22.7 Å². The monoisotopic (exact) mass is 289 g/mol. The highest BCUT2D eigenvalue weighted by atomic mass is 16.3. The zero-order valence-electron chi connectivity index (χ0n) is 12.2. The van der Waals surface area contributed by atoms with Crippen molar-refractivity contribution in [1.29, 1.82) is 0 Å². The first-order chi connectivity index (χ1) is 10.8. The van der Waals surface area contributed by atoms with Crippen molar-refractivity contribution >= 4 is 11.2 Å². The first-order valence-electron chi connectivity index (χ1n) is 7.22. The van der Waals surface area contributed by atoms with Crippen LogP contribution in [0.1, 0.15) is 11.1 Å². The van der Waals surface area contributed by atoms with Gasteiger partial charge in [-0.15, -0.1) is 0 Å². The van der Waals surface area contributed by atoms with Crippen molar-refractivity contribution in [2.75, 3.05) is 0 Å². The van der Waals surface area contributed by atoms with Crippen molar-refractivity contribution in [3.63, 3.8) is 0 Å². The summed E-state index contributed by atoms with van der Waals surface area (Å²) in [7, 11) is 0. The minimum Gasteiger partial charge on any atom is -0.461 e. The molecule has 0 saturated carbocycles. The first kappa shape index (κ1) is 12.8. The zero-order valence-corrected chi connectivity index (χ0v) is 12.2. The van der Waals surface area contributed by atoms with Crippen molar-refractivity contribution in [2.45, 2.75) is 13.5 Å². The quantitative estimate of drug-likeness (QED) is 0.571. The number of furan rings is 1. The Labute approximate surface area is 128 Å². The van der Waals surface area contributed by atoms with Gasteiger partial charge in [0.2, 0.25) is 0 Å². The summed E-state index contributed by atoms with van der Waals surface area (Å²) in [6.07, 6.45) is 3.46. The fourth-order valence-corrected chi connectivity index (χ4v) is 2.58. The molecule has 0 radical (unpaired) electrons. The van der Waals surface area contributed by atoms with Gasteiger partial charge < -0.3 is 8.98 Å². The van der Waals surface area contributed by atoms with Gasteiger partial charge in [0.05, 0.1) is 12.8 Å². The molecule has 22 heavy (non-hydrogen) atoms. The van der Waals surface area contributed by atoms with Crippen LogP contribution in [0.4, 0.5) is 0 Å². The second-order valence-corrected chi connectivity index (χ2v) is 5.33. The topological polar surface area (TPSA) is 43.9 Å². The van der Waals surface area contributed by atoms with Crippen LogP contribution in [0, 0.1) is 6.92 Å². The van der Waals surface area contributed by atoms with Gasteiger partial charge in [-0.3, -0.25) is 0 Å². The Morgan fingerprint density at radius 3 is 2.68 bits per heavy atom. The van der Waals surface area contributed by atoms with Gasteiger partial charge >= 0.3 is 0 Å². The Morgan fingerprint density at radius 1 is 1.05 bits per heavy atom. The summed E-state index contributed by atoms with van der Waals surface area (Å²) in [5, 5.41) is 0. The van der Waals surface area contributed by atoms with Gasteiger partial charge in [0, 0.05) is 6.20 Å². The smallest absolute Gasteiger partial charge is 0.178 e. The van der Waals surface area contributed by atoms with E-state index in [1.807, 2.05) is 24.3 Å². The number of fused-ring (bicyclic) bond motifs is 1. The molecule has 0 spiro atoms. The number of pyridine rings is 1. The lowest BCUT2D eigenvalue weighted by Crippen LogP contribution is -2.02. The average Bonchev–Trinajstić information content (AvgIpc) is 3.18. The molecule has 4 rings (SSSR count). The molecule has 0 aliphatic heterocycles. The summed E-state index contributed by atoms with van der Waals surface area (Å²) in [6.45, 7) is 2.80. The molecule has 108 valence electrons. The van der Waals surface area contributed by atoms with Crippen molar-refractivity contribution in [2.24, 2.45) is 0 Å². The Kier molecular flexibility index (Phi) is 3.00. The molecular weight excluding hydrogens is 274 g/mol. The van der Waals surface area contributed by atoms with E-state index in [1.54, 1.807) is 12.5 Å². The van der Waals surface area contributed by atoms with E-state index in [4.69, 9.17) is 4.42 Å². The largest absolute Gasteiger partial charge is 0.461 e. The molecule has 0 unspecified atom stereocenters.